The van der Waals surface area contributed by atoms with Crippen LogP contribution in [-0.4, -0.2) is 24.2 Å². The molecule has 0 saturated carbocycles. The zero-order chi connectivity index (χ0) is 18.7. The highest BCUT2D eigenvalue weighted by Gasteiger charge is 2.10. The molecule has 0 spiro atoms. The van der Waals surface area contributed by atoms with E-state index in [1.807, 2.05) is 24.3 Å². The van der Waals surface area contributed by atoms with Gasteiger partial charge < -0.3 is 14.8 Å². The number of aryl methyl sites for hydroxylation is 3. The van der Waals surface area contributed by atoms with E-state index in [0.29, 0.717) is 11.5 Å². The molecule has 26 heavy (non-hydrogen) atoms. The highest BCUT2D eigenvalue weighted by Crippen LogP contribution is 2.32. The zero-order valence-corrected chi connectivity index (χ0v) is 15.8. The van der Waals surface area contributed by atoms with Crippen LogP contribution in [0.4, 0.5) is 11.5 Å². The molecule has 0 bridgehead atoms. The normalized spacial score (nSPS) is 10.5. The number of anilines is 2. The minimum atomic E-state index is 0.670. The topological polar surface area (TPSA) is 56.3 Å². The SMILES string of the molecule is COc1ccc(-c2cc(Nc3c(C)cc(C)cc3C)ncn2)cc1OC. The molecule has 0 fully saturated rings. The van der Waals surface area contributed by atoms with Gasteiger partial charge in [0.15, 0.2) is 11.5 Å². The van der Waals surface area contributed by atoms with Gasteiger partial charge in [-0.1, -0.05) is 17.7 Å². The molecule has 3 aromatic rings. The Balaban J connectivity index is 1.94. The largest absolute Gasteiger partial charge is 0.493 e. The van der Waals surface area contributed by atoms with Crippen molar-refractivity contribution in [3.63, 3.8) is 0 Å². The first-order chi connectivity index (χ1) is 12.5. The van der Waals surface area contributed by atoms with Gasteiger partial charge in [0, 0.05) is 17.3 Å². The van der Waals surface area contributed by atoms with Crippen LogP contribution in [0.2, 0.25) is 0 Å². The first-order valence-electron chi connectivity index (χ1n) is 8.41. The van der Waals surface area contributed by atoms with Crippen molar-refractivity contribution >= 4 is 11.5 Å². The van der Waals surface area contributed by atoms with Gasteiger partial charge in [-0.25, -0.2) is 9.97 Å². The third-order valence-corrected chi connectivity index (χ3v) is 4.28. The Morgan fingerprint density at radius 2 is 1.50 bits per heavy atom. The number of aromatic nitrogens is 2. The maximum atomic E-state index is 5.38. The van der Waals surface area contributed by atoms with Crippen molar-refractivity contribution in [2.24, 2.45) is 0 Å². The summed E-state index contributed by atoms with van der Waals surface area (Å²) < 4.78 is 10.7. The van der Waals surface area contributed by atoms with Crippen molar-refractivity contribution in [1.29, 1.82) is 0 Å². The lowest BCUT2D eigenvalue weighted by Gasteiger charge is -2.14. The Morgan fingerprint density at radius 3 is 2.15 bits per heavy atom. The van der Waals surface area contributed by atoms with Gasteiger partial charge in [0.2, 0.25) is 0 Å². The third-order valence-electron chi connectivity index (χ3n) is 4.28. The molecule has 5 heteroatoms. The molecule has 134 valence electrons. The molecule has 0 saturated heterocycles. The number of nitrogens with one attached hydrogen (secondary N) is 1. The van der Waals surface area contributed by atoms with Crippen molar-refractivity contribution < 1.29 is 9.47 Å². The molecule has 0 unspecified atom stereocenters. The Morgan fingerprint density at radius 1 is 0.808 bits per heavy atom. The van der Waals surface area contributed by atoms with Crippen LogP contribution in [0.3, 0.4) is 0 Å². The second-order valence-corrected chi connectivity index (χ2v) is 6.26. The maximum absolute atomic E-state index is 5.38. The minimum absolute atomic E-state index is 0.670. The lowest BCUT2D eigenvalue weighted by atomic mass is 10.1. The molecule has 0 atom stereocenters. The van der Waals surface area contributed by atoms with E-state index in [9.17, 15) is 0 Å². The second-order valence-electron chi connectivity index (χ2n) is 6.26. The predicted molar refractivity (Wildman–Crippen MR) is 105 cm³/mol. The van der Waals surface area contributed by atoms with E-state index in [1.165, 1.54) is 16.7 Å². The summed E-state index contributed by atoms with van der Waals surface area (Å²) in [4.78, 5) is 8.76. The number of ether oxygens (including phenoxy) is 2. The Labute approximate surface area is 154 Å². The average Bonchev–Trinajstić information content (AvgIpc) is 2.64. The highest BCUT2D eigenvalue weighted by atomic mass is 16.5. The number of nitrogens with zero attached hydrogens (tertiary/aromatic N) is 2. The summed E-state index contributed by atoms with van der Waals surface area (Å²) in [6, 6.07) is 12.0. The summed E-state index contributed by atoms with van der Waals surface area (Å²) in [6.45, 7) is 6.29. The van der Waals surface area contributed by atoms with Gasteiger partial charge in [-0.05, 0) is 50.1 Å². The Kier molecular flexibility index (Phi) is 5.07. The van der Waals surface area contributed by atoms with Crippen LogP contribution in [0.25, 0.3) is 11.3 Å². The van der Waals surface area contributed by atoms with Crippen LogP contribution in [0, 0.1) is 20.8 Å². The van der Waals surface area contributed by atoms with Crippen LogP contribution < -0.4 is 14.8 Å². The molecule has 5 nitrogen and oxygen atoms in total. The van der Waals surface area contributed by atoms with E-state index in [2.05, 4.69) is 48.2 Å². The summed E-state index contributed by atoms with van der Waals surface area (Å²) in [7, 11) is 3.24. The van der Waals surface area contributed by atoms with E-state index in [1.54, 1.807) is 20.5 Å². The van der Waals surface area contributed by atoms with E-state index < -0.39 is 0 Å². The van der Waals surface area contributed by atoms with Crippen LogP contribution in [-0.2, 0) is 0 Å². The molecule has 0 aliphatic heterocycles. The van der Waals surface area contributed by atoms with Crippen LogP contribution in [0.5, 0.6) is 11.5 Å². The number of methoxy groups -OCH3 is 2. The molecule has 0 radical (unpaired) electrons. The monoisotopic (exact) mass is 349 g/mol. The molecule has 2 aromatic carbocycles. The lowest BCUT2D eigenvalue weighted by Crippen LogP contribution is -2.00. The maximum Gasteiger partial charge on any atom is 0.161 e. The molecule has 0 aliphatic carbocycles. The number of hydrogen-bond donors (Lipinski definition) is 1. The van der Waals surface area contributed by atoms with Gasteiger partial charge in [-0.15, -0.1) is 0 Å². The van der Waals surface area contributed by atoms with Gasteiger partial charge in [0.05, 0.1) is 19.9 Å². The fourth-order valence-corrected chi connectivity index (χ4v) is 3.08. The second kappa shape index (κ2) is 7.44. The smallest absolute Gasteiger partial charge is 0.161 e. The Bertz CT molecular complexity index is 915. The molecule has 0 amide bonds. The van der Waals surface area contributed by atoms with Gasteiger partial charge >= 0.3 is 0 Å². The van der Waals surface area contributed by atoms with Gasteiger partial charge in [-0.3, -0.25) is 0 Å². The quantitative estimate of drug-likeness (QED) is 0.715. The molecule has 1 N–H and O–H groups in total. The van der Waals surface area contributed by atoms with E-state index in [-0.39, 0.29) is 0 Å². The van der Waals surface area contributed by atoms with Gasteiger partial charge in [0.1, 0.15) is 12.1 Å². The molecule has 1 aromatic heterocycles. The fraction of sp³-hybridized carbons (Fsp3) is 0.238. The summed E-state index contributed by atoms with van der Waals surface area (Å²) in [6.07, 6.45) is 1.56. The predicted octanol–water partition coefficient (Wildman–Crippen LogP) is 4.83. The first-order valence-corrected chi connectivity index (χ1v) is 8.41. The van der Waals surface area contributed by atoms with Crippen LogP contribution in [0.1, 0.15) is 16.7 Å². The molecular weight excluding hydrogens is 326 g/mol. The average molecular weight is 349 g/mol. The van der Waals surface area contributed by atoms with Crippen molar-refractivity contribution in [3.05, 3.63) is 59.4 Å². The number of hydrogen-bond acceptors (Lipinski definition) is 5. The zero-order valence-electron chi connectivity index (χ0n) is 15.8. The lowest BCUT2D eigenvalue weighted by molar-refractivity contribution is 0.355. The minimum Gasteiger partial charge on any atom is -0.493 e. The van der Waals surface area contributed by atoms with Crippen molar-refractivity contribution in [3.8, 4) is 22.8 Å². The molecule has 0 aliphatic rings. The van der Waals surface area contributed by atoms with Crippen LogP contribution >= 0.6 is 0 Å². The third kappa shape index (κ3) is 3.61. The van der Waals surface area contributed by atoms with Crippen molar-refractivity contribution in [2.75, 3.05) is 19.5 Å². The van der Waals surface area contributed by atoms with Gasteiger partial charge in [-0.2, -0.15) is 0 Å². The standard InChI is InChI=1S/C21H23N3O2/c1-13-8-14(2)21(15(3)9-13)24-20-11-17(22-12-23-20)16-6-7-18(25-4)19(10-16)26-5/h6-12H,1-5H3,(H,22,23,24). The Hall–Kier alpha value is -3.08. The number of rotatable bonds is 5. The summed E-state index contributed by atoms with van der Waals surface area (Å²) >= 11 is 0. The van der Waals surface area contributed by atoms with Crippen molar-refractivity contribution in [2.45, 2.75) is 20.8 Å². The fourth-order valence-electron chi connectivity index (χ4n) is 3.08. The molecule has 3 rings (SSSR count). The summed E-state index contributed by atoms with van der Waals surface area (Å²) in [5.41, 5.74) is 6.45. The highest BCUT2D eigenvalue weighted by molar-refractivity contribution is 5.70. The first kappa shape index (κ1) is 17.7. The summed E-state index contributed by atoms with van der Waals surface area (Å²) in [5, 5.41) is 3.42. The van der Waals surface area contributed by atoms with E-state index >= 15 is 0 Å². The van der Waals surface area contributed by atoms with E-state index in [0.717, 1.165) is 22.8 Å². The van der Waals surface area contributed by atoms with E-state index in [4.69, 9.17) is 9.47 Å². The van der Waals surface area contributed by atoms with Crippen LogP contribution in [0.15, 0.2) is 42.7 Å². The van der Waals surface area contributed by atoms with Crippen molar-refractivity contribution in [1.82, 2.24) is 9.97 Å². The van der Waals surface area contributed by atoms with Gasteiger partial charge in [0.25, 0.3) is 0 Å². The molecule has 1 heterocycles. The number of benzene rings is 2. The molecular formula is C21H23N3O2. The summed E-state index contributed by atoms with van der Waals surface area (Å²) in [5.74, 6) is 2.11.